The number of nitrogens with one attached hydrogen (secondary N) is 1. The molecule has 0 atom stereocenters. The van der Waals surface area contributed by atoms with E-state index in [1.165, 1.54) is 24.8 Å². The Balaban J connectivity index is 1.92. The Morgan fingerprint density at radius 2 is 2.00 bits per heavy atom. The molecular weight excluding hydrogens is 239 g/mol. The minimum atomic E-state index is -0.0900. The van der Waals surface area contributed by atoms with Gasteiger partial charge in [0.05, 0.1) is 5.69 Å². The average molecular weight is 264 g/mol. The third-order valence-electron chi connectivity index (χ3n) is 3.68. The summed E-state index contributed by atoms with van der Waals surface area (Å²) in [7, 11) is 0. The molecule has 1 N–H and O–H groups in total. The highest BCUT2D eigenvalue weighted by atomic mass is 19.1. The lowest BCUT2D eigenvalue weighted by Crippen LogP contribution is -2.20. The van der Waals surface area contributed by atoms with E-state index in [1.54, 1.807) is 6.07 Å². The first-order valence-electron chi connectivity index (χ1n) is 7.41. The highest BCUT2D eigenvalue weighted by Gasteiger charge is 2.16. The average Bonchev–Trinajstić information content (AvgIpc) is 2.90. The second-order valence-corrected chi connectivity index (χ2v) is 5.84. The summed E-state index contributed by atoms with van der Waals surface area (Å²) in [5.41, 5.74) is 1.95. The van der Waals surface area contributed by atoms with Crippen molar-refractivity contribution >= 4 is 5.69 Å². The van der Waals surface area contributed by atoms with Gasteiger partial charge in [0.25, 0.3) is 0 Å². The number of hydrogen-bond donors (Lipinski definition) is 1. The van der Waals surface area contributed by atoms with Gasteiger partial charge < -0.3 is 10.2 Å². The molecular formula is C16H25FN2. The molecule has 0 aliphatic carbocycles. The molecule has 1 aliphatic heterocycles. The number of hydrogen-bond acceptors (Lipinski definition) is 2. The molecule has 19 heavy (non-hydrogen) atoms. The molecule has 0 radical (unpaired) electrons. The first-order valence-corrected chi connectivity index (χ1v) is 7.41. The van der Waals surface area contributed by atoms with Crippen LogP contribution in [0.5, 0.6) is 0 Å². The number of halogens is 1. The molecule has 1 saturated heterocycles. The molecule has 1 heterocycles. The maximum Gasteiger partial charge on any atom is 0.146 e. The van der Waals surface area contributed by atoms with Crippen LogP contribution in [0.15, 0.2) is 18.2 Å². The summed E-state index contributed by atoms with van der Waals surface area (Å²) >= 11 is 0. The molecule has 3 heteroatoms. The van der Waals surface area contributed by atoms with Gasteiger partial charge in [-0.15, -0.1) is 0 Å². The van der Waals surface area contributed by atoms with E-state index >= 15 is 0 Å². The van der Waals surface area contributed by atoms with Crippen molar-refractivity contribution in [3.63, 3.8) is 0 Å². The van der Waals surface area contributed by atoms with Crippen LogP contribution in [0.25, 0.3) is 0 Å². The molecule has 1 aromatic rings. The Hall–Kier alpha value is -1.09. The lowest BCUT2D eigenvalue weighted by Gasteiger charge is -2.19. The van der Waals surface area contributed by atoms with E-state index in [2.05, 4.69) is 24.1 Å². The van der Waals surface area contributed by atoms with Gasteiger partial charge in [0.15, 0.2) is 0 Å². The van der Waals surface area contributed by atoms with Gasteiger partial charge in [0.2, 0.25) is 0 Å². The predicted octanol–water partition coefficient (Wildman–Crippen LogP) is 3.56. The fourth-order valence-electron chi connectivity index (χ4n) is 2.49. The van der Waals surface area contributed by atoms with Gasteiger partial charge >= 0.3 is 0 Å². The van der Waals surface area contributed by atoms with Gasteiger partial charge in [-0.3, -0.25) is 0 Å². The van der Waals surface area contributed by atoms with Crippen LogP contribution >= 0.6 is 0 Å². The maximum absolute atomic E-state index is 13.9. The predicted molar refractivity (Wildman–Crippen MR) is 79.0 cm³/mol. The van der Waals surface area contributed by atoms with Crippen LogP contribution < -0.4 is 10.2 Å². The smallest absolute Gasteiger partial charge is 0.146 e. The molecule has 1 aliphatic rings. The Labute approximate surface area is 116 Å². The normalized spacial score (nSPS) is 15.5. The number of nitrogens with zero attached hydrogens (tertiary/aromatic N) is 1. The van der Waals surface area contributed by atoms with Crippen molar-refractivity contribution in [1.29, 1.82) is 0 Å². The van der Waals surface area contributed by atoms with Crippen molar-refractivity contribution in [1.82, 2.24) is 5.32 Å². The molecule has 2 rings (SSSR count). The van der Waals surface area contributed by atoms with E-state index in [0.717, 1.165) is 37.8 Å². The number of benzene rings is 1. The maximum atomic E-state index is 13.9. The van der Waals surface area contributed by atoms with Gasteiger partial charge in [-0.25, -0.2) is 4.39 Å². The first kappa shape index (κ1) is 14.3. The summed E-state index contributed by atoms with van der Waals surface area (Å²) in [6.07, 6.45) is 3.53. The first-order chi connectivity index (χ1) is 9.16. The number of rotatable bonds is 6. The van der Waals surface area contributed by atoms with Gasteiger partial charge in [-0.05, 0) is 49.4 Å². The molecule has 0 aromatic heterocycles. The van der Waals surface area contributed by atoms with Gasteiger partial charge in [0.1, 0.15) is 5.82 Å². The zero-order valence-electron chi connectivity index (χ0n) is 12.1. The van der Waals surface area contributed by atoms with Crippen LogP contribution in [0.1, 0.15) is 38.7 Å². The quantitative estimate of drug-likeness (QED) is 0.790. The zero-order chi connectivity index (χ0) is 13.7. The lowest BCUT2D eigenvalue weighted by molar-refractivity contribution is 0.537. The molecule has 106 valence electrons. The van der Waals surface area contributed by atoms with E-state index in [0.29, 0.717) is 0 Å². The molecule has 1 fully saturated rings. The fourth-order valence-corrected chi connectivity index (χ4v) is 2.49. The molecule has 0 amide bonds. The van der Waals surface area contributed by atoms with Crippen LogP contribution in [0, 0.1) is 11.7 Å². The second-order valence-electron chi connectivity index (χ2n) is 5.84. The molecule has 0 bridgehead atoms. The SMILES string of the molecule is CC(C)CCNCc1ccc(F)c(N2CCCC2)c1. The molecule has 0 saturated carbocycles. The summed E-state index contributed by atoms with van der Waals surface area (Å²) < 4.78 is 13.9. The van der Waals surface area contributed by atoms with Crippen LogP contribution in [0.3, 0.4) is 0 Å². The van der Waals surface area contributed by atoms with Crippen LogP contribution in [0.4, 0.5) is 10.1 Å². The van der Waals surface area contributed by atoms with Crippen LogP contribution in [-0.4, -0.2) is 19.6 Å². The van der Waals surface area contributed by atoms with Gasteiger partial charge in [-0.1, -0.05) is 19.9 Å². The van der Waals surface area contributed by atoms with Gasteiger partial charge in [-0.2, -0.15) is 0 Å². The van der Waals surface area contributed by atoms with Crippen molar-refractivity contribution in [2.24, 2.45) is 5.92 Å². The third kappa shape index (κ3) is 4.20. The Bertz CT molecular complexity index is 398. The Morgan fingerprint density at radius 3 is 2.68 bits per heavy atom. The van der Waals surface area contributed by atoms with Crippen LogP contribution in [-0.2, 0) is 6.54 Å². The second kappa shape index (κ2) is 6.90. The van der Waals surface area contributed by atoms with E-state index in [1.807, 2.05) is 12.1 Å². The van der Waals surface area contributed by atoms with Gasteiger partial charge in [0, 0.05) is 19.6 Å². The Morgan fingerprint density at radius 1 is 1.26 bits per heavy atom. The highest BCUT2D eigenvalue weighted by Crippen LogP contribution is 2.24. The van der Waals surface area contributed by atoms with Crippen molar-refractivity contribution in [2.75, 3.05) is 24.5 Å². The van der Waals surface area contributed by atoms with Crippen molar-refractivity contribution in [3.8, 4) is 0 Å². The largest absolute Gasteiger partial charge is 0.369 e. The molecule has 1 aromatic carbocycles. The minimum Gasteiger partial charge on any atom is -0.369 e. The van der Waals surface area contributed by atoms with Crippen molar-refractivity contribution in [3.05, 3.63) is 29.6 Å². The molecule has 2 nitrogen and oxygen atoms in total. The zero-order valence-corrected chi connectivity index (χ0v) is 12.1. The van der Waals surface area contributed by atoms with E-state index in [9.17, 15) is 4.39 Å². The standard InChI is InChI=1S/C16H25FN2/c1-13(2)7-8-18-12-14-5-6-15(17)16(11-14)19-9-3-4-10-19/h5-6,11,13,18H,3-4,7-10,12H2,1-2H3. The lowest BCUT2D eigenvalue weighted by atomic mass is 10.1. The van der Waals surface area contributed by atoms with E-state index in [-0.39, 0.29) is 5.82 Å². The van der Waals surface area contributed by atoms with Crippen LogP contribution in [0.2, 0.25) is 0 Å². The topological polar surface area (TPSA) is 15.3 Å². The monoisotopic (exact) mass is 264 g/mol. The van der Waals surface area contributed by atoms with Crippen molar-refractivity contribution in [2.45, 2.75) is 39.7 Å². The minimum absolute atomic E-state index is 0.0900. The Kier molecular flexibility index (Phi) is 5.20. The highest BCUT2D eigenvalue weighted by molar-refractivity contribution is 5.50. The summed E-state index contributed by atoms with van der Waals surface area (Å²) in [6.45, 7) is 8.28. The van der Waals surface area contributed by atoms with Crippen molar-refractivity contribution < 1.29 is 4.39 Å². The van der Waals surface area contributed by atoms with E-state index < -0.39 is 0 Å². The third-order valence-corrected chi connectivity index (χ3v) is 3.68. The summed E-state index contributed by atoms with van der Waals surface area (Å²) in [5, 5.41) is 3.43. The fraction of sp³-hybridized carbons (Fsp3) is 0.625. The van der Waals surface area contributed by atoms with E-state index in [4.69, 9.17) is 0 Å². The summed E-state index contributed by atoms with van der Waals surface area (Å²) in [6, 6.07) is 5.49. The molecule has 0 unspecified atom stereocenters. The number of anilines is 1. The summed E-state index contributed by atoms with van der Waals surface area (Å²) in [5.74, 6) is 0.633. The molecule has 0 spiro atoms. The summed E-state index contributed by atoms with van der Waals surface area (Å²) in [4.78, 5) is 2.16.